The minimum atomic E-state index is 0.303. The maximum atomic E-state index is 6.35. The van der Waals surface area contributed by atoms with Gasteiger partial charge in [-0.1, -0.05) is 37.0 Å². The van der Waals surface area contributed by atoms with Crippen molar-refractivity contribution in [3.8, 4) is 0 Å². The van der Waals surface area contributed by atoms with Crippen LogP contribution in [0.1, 0.15) is 36.6 Å². The summed E-state index contributed by atoms with van der Waals surface area (Å²) in [4.78, 5) is 4.56. The van der Waals surface area contributed by atoms with Gasteiger partial charge in [-0.05, 0) is 37.0 Å². The van der Waals surface area contributed by atoms with E-state index in [9.17, 15) is 0 Å². The van der Waals surface area contributed by atoms with Gasteiger partial charge >= 0.3 is 0 Å². The van der Waals surface area contributed by atoms with Crippen LogP contribution in [0.15, 0.2) is 6.07 Å². The van der Waals surface area contributed by atoms with Gasteiger partial charge in [-0.2, -0.15) is 0 Å². The molecule has 0 unspecified atom stereocenters. The molecule has 0 aliphatic rings. The predicted molar refractivity (Wildman–Crippen MR) is 79.7 cm³/mol. The lowest BCUT2D eigenvalue weighted by Crippen LogP contribution is -2.04. The molecule has 1 aromatic carbocycles. The summed E-state index contributed by atoms with van der Waals surface area (Å²) in [5.74, 6) is 0.303. The molecule has 1 aromatic heterocycles. The zero-order chi connectivity index (χ0) is 13.6. The number of aromatic nitrogens is 1. The predicted octanol–water partition coefficient (Wildman–Crippen LogP) is 4.86. The van der Waals surface area contributed by atoms with Crippen molar-refractivity contribution in [2.75, 3.05) is 5.73 Å². The molecule has 2 rings (SSSR count). The molecule has 0 bridgehead atoms. The molecule has 2 aromatic rings. The highest BCUT2D eigenvalue weighted by atomic mass is 35.5. The van der Waals surface area contributed by atoms with Crippen molar-refractivity contribution in [1.82, 2.24) is 4.98 Å². The summed E-state index contributed by atoms with van der Waals surface area (Å²) < 4.78 is 0. The van der Waals surface area contributed by atoms with Crippen LogP contribution >= 0.6 is 23.2 Å². The summed E-state index contributed by atoms with van der Waals surface area (Å²) in [6.07, 6.45) is 0. The molecule has 0 aliphatic carbocycles. The summed E-state index contributed by atoms with van der Waals surface area (Å²) in [5, 5.41) is 2.01. The van der Waals surface area contributed by atoms with Crippen molar-refractivity contribution in [3.05, 3.63) is 32.9 Å². The molecule has 0 saturated heterocycles. The topological polar surface area (TPSA) is 38.9 Å². The number of rotatable bonds is 1. The van der Waals surface area contributed by atoms with Crippen LogP contribution in [-0.2, 0) is 0 Å². The Bertz CT molecular complexity index is 634. The van der Waals surface area contributed by atoms with Crippen LogP contribution in [0.25, 0.3) is 10.9 Å². The normalized spacial score (nSPS) is 11.5. The first-order valence-electron chi connectivity index (χ1n) is 5.88. The van der Waals surface area contributed by atoms with Gasteiger partial charge in [-0.15, -0.1) is 0 Å². The van der Waals surface area contributed by atoms with Crippen molar-refractivity contribution in [3.63, 3.8) is 0 Å². The van der Waals surface area contributed by atoms with Gasteiger partial charge in [0.15, 0.2) is 0 Å². The molecule has 0 radical (unpaired) electrons. The maximum absolute atomic E-state index is 6.35. The Morgan fingerprint density at radius 2 is 1.83 bits per heavy atom. The van der Waals surface area contributed by atoms with Crippen LogP contribution in [0.3, 0.4) is 0 Å². The lowest BCUT2D eigenvalue weighted by molar-refractivity contribution is 0.851. The monoisotopic (exact) mass is 282 g/mol. The number of hydrogen-bond acceptors (Lipinski definition) is 2. The lowest BCUT2D eigenvalue weighted by atomic mass is 9.96. The van der Waals surface area contributed by atoms with Crippen LogP contribution in [0.2, 0.25) is 10.0 Å². The fraction of sp³-hybridized carbons (Fsp3) is 0.357. The molecule has 0 saturated carbocycles. The number of anilines is 1. The van der Waals surface area contributed by atoms with E-state index in [1.165, 1.54) is 0 Å². The first kappa shape index (κ1) is 13.4. The molecular weight excluding hydrogens is 267 g/mol. The van der Waals surface area contributed by atoms with E-state index in [2.05, 4.69) is 18.8 Å². The van der Waals surface area contributed by atoms with E-state index in [1.807, 2.05) is 19.9 Å². The SMILES string of the molecule is Cc1cc(Cl)c2nc(C)c(C(C)C)c(N)c2c1Cl. The highest BCUT2D eigenvalue weighted by Crippen LogP contribution is 2.39. The van der Waals surface area contributed by atoms with Crippen LogP contribution in [0, 0.1) is 13.8 Å². The van der Waals surface area contributed by atoms with Crippen molar-refractivity contribution < 1.29 is 0 Å². The van der Waals surface area contributed by atoms with Crippen LogP contribution in [0.5, 0.6) is 0 Å². The van der Waals surface area contributed by atoms with Gasteiger partial charge in [0.25, 0.3) is 0 Å². The number of nitrogens with zero attached hydrogens (tertiary/aromatic N) is 1. The third kappa shape index (κ3) is 1.94. The number of benzene rings is 1. The average Bonchev–Trinajstić information content (AvgIpc) is 2.25. The zero-order valence-electron chi connectivity index (χ0n) is 10.9. The summed E-state index contributed by atoms with van der Waals surface area (Å²) in [7, 11) is 0. The van der Waals surface area contributed by atoms with Crippen LogP contribution in [-0.4, -0.2) is 4.98 Å². The van der Waals surface area contributed by atoms with Gasteiger partial charge in [-0.3, -0.25) is 4.98 Å². The Balaban J connectivity index is 3.01. The van der Waals surface area contributed by atoms with E-state index < -0.39 is 0 Å². The van der Waals surface area contributed by atoms with Crippen molar-refractivity contribution >= 4 is 39.8 Å². The fourth-order valence-electron chi connectivity index (χ4n) is 2.38. The Morgan fingerprint density at radius 3 is 2.39 bits per heavy atom. The van der Waals surface area contributed by atoms with Gasteiger partial charge in [0, 0.05) is 16.8 Å². The summed E-state index contributed by atoms with van der Waals surface area (Å²) in [5.41, 5.74) is 10.5. The molecule has 0 atom stereocenters. The first-order valence-corrected chi connectivity index (χ1v) is 6.64. The largest absolute Gasteiger partial charge is 0.398 e. The second-order valence-electron chi connectivity index (χ2n) is 4.89. The van der Waals surface area contributed by atoms with E-state index >= 15 is 0 Å². The molecule has 4 heteroatoms. The zero-order valence-corrected chi connectivity index (χ0v) is 12.4. The van der Waals surface area contributed by atoms with E-state index in [4.69, 9.17) is 28.9 Å². The Morgan fingerprint density at radius 1 is 1.22 bits per heavy atom. The summed E-state index contributed by atoms with van der Waals surface area (Å²) in [6, 6.07) is 1.83. The smallest absolute Gasteiger partial charge is 0.0927 e. The number of nitrogens with two attached hydrogens (primary N) is 1. The second-order valence-corrected chi connectivity index (χ2v) is 5.68. The molecule has 18 heavy (non-hydrogen) atoms. The molecule has 2 nitrogen and oxygen atoms in total. The number of hydrogen-bond donors (Lipinski definition) is 1. The quantitative estimate of drug-likeness (QED) is 0.811. The standard InChI is InChI=1S/C14H16Cl2N2/c1-6(2)10-8(4)18-14-9(15)5-7(3)12(16)11(14)13(10)17/h5-6H,1-4H3,(H2,17,18). The molecule has 0 spiro atoms. The first-order chi connectivity index (χ1) is 8.34. The third-order valence-electron chi connectivity index (χ3n) is 3.18. The Hall–Kier alpha value is -0.990. The highest BCUT2D eigenvalue weighted by molar-refractivity contribution is 6.41. The van der Waals surface area contributed by atoms with E-state index in [0.717, 1.165) is 22.2 Å². The lowest BCUT2D eigenvalue weighted by Gasteiger charge is -2.17. The van der Waals surface area contributed by atoms with Crippen molar-refractivity contribution in [2.45, 2.75) is 33.6 Å². The summed E-state index contributed by atoms with van der Waals surface area (Å²) in [6.45, 7) is 8.06. The number of nitrogen functional groups attached to an aromatic ring is 1. The number of aryl methyl sites for hydroxylation is 2. The minimum absolute atomic E-state index is 0.303. The van der Waals surface area contributed by atoms with Gasteiger partial charge in [0.05, 0.1) is 15.6 Å². The van der Waals surface area contributed by atoms with Crippen LogP contribution < -0.4 is 5.73 Å². The second kappa shape index (κ2) is 4.60. The Labute approximate surface area is 117 Å². The van der Waals surface area contributed by atoms with Gasteiger partial charge < -0.3 is 5.73 Å². The van der Waals surface area contributed by atoms with Gasteiger partial charge in [0.1, 0.15) is 0 Å². The molecular formula is C14H16Cl2N2. The fourth-order valence-corrected chi connectivity index (χ4v) is 2.93. The molecule has 2 N–H and O–H groups in total. The van der Waals surface area contributed by atoms with Crippen molar-refractivity contribution in [2.24, 2.45) is 0 Å². The third-order valence-corrected chi connectivity index (χ3v) is 3.95. The van der Waals surface area contributed by atoms with E-state index in [-0.39, 0.29) is 0 Å². The number of halogens is 2. The molecule has 0 aliphatic heterocycles. The van der Waals surface area contributed by atoms with E-state index in [1.54, 1.807) is 0 Å². The number of pyridine rings is 1. The molecule has 0 fully saturated rings. The molecule has 1 heterocycles. The number of fused-ring (bicyclic) bond motifs is 1. The van der Waals surface area contributed by atoms with Gasteiger partial charge in [-0.25, -0.2) is 0 Å². The molecule has 96 valence electrons. The Kier molecular flexibility index (Phi) is 3.43. The molecule has 0 amide bonds. The maximum Gasteiger partial charge on any atom is 0.0927 e. The minimum Gasteiger partial charge on any atom is -0.398 e. The summed E-state index contributed by atoms with van der Waals surface area (Å²) >= 11 is 12.6. The highest BCUT2D eigenvalue weighted by Gasteiger charge is 2.18. The van der Waals surface area contributed by atoms with Gasteiger partial charge in [0.2, 0.25) is 0 Å². The van der Waals surface area contributed by atoms with Crippen molar-refractivity contribution in [1.29, 1.82) is 0 Å². The average molecular weight is 283 g/mol. The van der Waals surface area contributed by atoms with Crippen LogP contribution in [0.4, 0.5) is 5.69 Å². The van der Waals surface area contributed by atoms with E-state index in [0.29, 0.717) is 27.2 Å².